The van der Waals surface area contributed by atoms with Crippen molar-refractivity contribution in [2.75, 3.05) is 19.4 Å². The highest BCUT2D eigenvalue weighted by Gasteiger charge is 2.25. The van der Waals surface area contributed by atoms with Crippen molar-refractivity contribution in [2.45, 2.75) is 31.8 Å². The van der Waals surface area contributed by atoms with E-state index in [1.54, 1.807) is 13.3 Å². The zero-order valence-corrected chi connectivity index (χ0v) is 12.9. The smallest absolute Gasteiger partial charge is 0.220 e. The second-order valence-corrected chi connectivity index (χ2v) is 5.67. The summed E-state index contributed by atoms with van der Waals surface area (Å²) in [7, 11) is 1.70. The first-order valence-electron chi connectivity index (χ1n) is 7.71. The summed E-state index contributed by atoms with van der Waals surface area (Å²) >= 11 is 0. The minimum absolute atomic E-state index is 0.310. The molecule has 5 nitrogen and oxygen atoms in total. The highest BCUT2D eigenvalue weighted by molar-refractivity contribution is 5.28. The number of rotatable bonds is 4. The summed E-state index contributed by atoms with van der Waals surface area (Å²) in [6.45, 7) is 1.97. The molecular weight excluding hydrogens is 276 g/mol. The Morgan fingerprint density at radius 2 is 2.23 bits per heavy atom. The Morgan fingerprint density at radius 3 is 3.05 bits per heavy atom. The third-order valence-electron chi connectivity index (χ3n) is 4.17. The summed E-state index contributed by atoms with van der Waals surface area (Å²) < 4.78 is 5.32. The number of hydrogen-bond acceptors (Lipinski definition) is 5. The second-order valence-electron chi connectivity index (χ2n) is 5.67. The van der Waals surface area contributed by atoms with Crippen LogP contribution in [0.3, 0.4) is 0 Å². The van der Waals surface area contributed by atoms with Crippen LogP contribution in [0.1, 0.15) is 36.6 Å². The molecular formula is C17H22N4O. The Bertz CT molecular complexity index is 632. The van der Waals surface area contributed by atoms with E-state index in [1.807, 2.05) is 18.2 Å². The molecule has 1 atom stereocenters. The Kier molecular flexibility index (Phi) is 4.53. The molecule has 1 aliphatic rings. The molecule has 0 amide bonds. The van der Waals surface area contributed by atoms with Crippen molar-refractivity contribution in [3.8, 4) is 5.75 Å². The van der Waals surface area contributed by atoms with E-state index in [4.69, 9.17) is 10.5 Å². The summed E-state index contributed by atoms with van der Waals surface area (Å²) in [5.41, 5.74) is 8.02. The van der Waals surface area contributed by atoms with Crippen LogP contribution < -0.4 is 10.5 Å². The molecule has 0 radical (unpaired) electrons. The van der Waals surface area contributed by atoms with Gasteiger partial charge >= 0.3 is 0 Å². The molecule has 0 saturated carbocycles. The van der Waals surface area contributed by atoms with Crippen LogP contribution in [0.25, 0.3) is 0 Å². The van der Waals surface area contributed by atoms with Crippen LogP contribution in [-0.4, -0.2) is 28.5 Å². The number of nitrogen functional groups attached to an aromatic ring is 1. The van der Waals surface area contributed by atoms with Gasteiger partial charge in [-0.05, 0) is 43.1 Å². The fourth-order valence-electron chi connectivity index (χ4n) is 3.09. The summed E-state index contributed by atoms with van der Waals surface area (Å²) in [4.78, 5) is 10.9. The van der Waals surface area contributed by atoms with Gasteiger partial charge in [-0.15, -0.1) is 0 Å². The molecule has 1 aliphatic heterocycles. The zero-order chi connectivity index (χ0) is 15.4. The minimum atomic E-state index is 0.310. The van der Waals surface area contributed by atoms with Crippen molar-refractivity contribution in [2.24, 2.45) is 0 Å². The number of likely N-dealkylation sites (tertiary alicyclic amines) is 1. The lowest BCUT2D eigenvalue weighted by atomic mass is 9.98. The van der Waals surface area contributed by atoms with E-state index in [9.17, 15) is 0 Å². The molecule has 1 fully saturated rings. The molecule has 0 aliphatic carbocycles. The Hall–Kier alpha value is -2.14. The van der Waals surface area contributed by atoms with Gasteiger partial charge in [-0.25, -0.2) is 9.97 Å². The maximum absolute atomic E-state index is 5.74. The molecule has 0 unspecified atom stereocenters. The average Bonchev–Trinajstić information content (AvgIpc) is 2.55. The third-order valence-corrected chi connectivity index (χ3v) is 4.17. The normalized spacial score (nSPS) is 19.0. The van der Waals surface area contributed by atoms with Crippen molar-refractivity contribution in [3.63, 3.8) is 0 Å². The lowest BCUT2D eigenvalue weighted by Crippen LogP contribution is -2.33. The first-order valence-corrected chi connectivity index (χ1v) is 7.71. The Labute approximate surface area is 131 Å². The van der Waals surface area contributed by atoms with Crippen molar-refractivity contribution in [1.82, 2.24) is 14.9 Å². The fraction of sp³-hybridized carbons (Fsp3) is 0.412. The van der Waals surface area contributed by atoms with Gasteiger partial charge in [0.05, 0.1) is 18.8 Å². The van der Waals surface area contributed by atoms with Gasteiger partial charge in [-0.1, -0.05) is 18.6 Å². The maximum atomic E-state index is 5.74. The molecule has 2 heterocycles. The van der Waals surface area contributed by atoms with E-state index >= 15 is 0 Å². The number of piperidine rings is 1. The van der Waals surface area contributed by atoms with E-state index in [0.29, 0.717) is 12.0 Å². The molecule has 0 bridgehead atoms. The van der Waals surface area contributed by atoms with Crippen molar-refractivity contribution < 1.29 is 4.74 Å². The average molecular weight is 298 g/mol. The number of methoxy groups -OCH3 is 1. The van der Waals surface area contributed by atoms with Gasteiger partial charge in [0, 0.05) is 12.7 Å². The predicted molar refractivity (Wildman–Crippen MR) is 86.4 cm³/mol. The molecule has 5 heteroatoms. The van der Waals surface area contributed by atoms with E-state index in [1.165, 1.54) is 18.4 Å². The van der Waals surface area contributed by atoms with Gasteiger partial charge in [-0.2, -0.15) is 0 Å². The third kappa shape index (κ3) is 3.36. The molecule has 0 spiro atoms. The molecule has 2 N–H and O–H groups in total. The largest absolute Gasteiger partial charge is 0.497 e. The molecule has 1 saturated heterocycles. The summed E-state index contributed by atoms with van der Waals surface area (Å²) in [6, 6.07) is 10.5. The van der Waals surface area contributed by atoms with Gasteiger partial charge in [0.15, 0.2) is 0 Å². The number of nitrogens with two attached hydrogens (primary N) is 1. The van der Waals surface area contributed by atoms with Crippen molar-refractivity contribution in [1.29, 1.82) is 0 Å². The highest BCUT2D eigenvalue weighted by Crippen LogP contribution is 2.31. The van der Waals surface area contributed by atoms with Gasteiger partial charge in [0.2, 0.25) is 5.95 Å². The van der Waals surface area contributed by atoms with Crippen molar-refractivity contribution >= 4 is 5.95 Å². The number of benzene rings is 1. The van der Waals surface area contributed by atoms with Gasteiger partial charge in [0.1, 0.15) is 5.75 Å². The summed E-state index contributed by atoms with van der Waals surface area (Å²) in [5.74, 6) is 1.25. The number of ether oxygens (including phenoxy) is 1. The number of hydrogen-bond donors (Lipinski definition) is 1. The standard InChI is InChI=1S/C17H22N4O/c1-22-14-6-4-5-13(11-14)12-21-10-3-2-7-16(21)15-8-9-19-17(18)20-15/h4-6,8-9,11,16H,2-3,7,10,12H2,1H3,(H2,18,19,20)/t16-/m0/s1. The Balaban J connectivity index is 1.80. The van der Waals surface area contributed by atoms with Gasteiger partial charge in [-0.3, -0.25) is 4.90 Å². The first kappa shape index (κ1) is 14.8. The Morgan fingerprint density at radius 1 is 1.32 bits per heavy atom. The van der Waals surface area contributed by atoms with Gasteiger partial charge in [0.25, 0.3) is 0 Å². The fourth-order valence-corrected chi connectivity index (χ4v) is 3.09. The first-order chi connectivity index (χ1) is 10.8. The highest BCUT2D eigenvalue weighted by atomic mass is 16.5. The molecule has 1 aromatic heterocycles. The molecule has 3 rings (SSSR count). The molecule has 116 valence electrons. The lowest BCUT2D eigenvalue weighted by Gasteiger charge is -2.35. The predicted octanol–water partition coefficient (Wildman–Crippen LogP) is 2.79. The van der Waals surface area contributed by atoms with Crippen LogP contribution in [0.4, 0.5) is 5.95 Å². The lowest BCUT2D eigenvalue weighted by molar-refractivity contribution is 0.137. The van der Waals surface area contributed by atoms with Crippen LogP contribution in [0.5, 0.6) is 5.75 Å². The zero-order valence-electron chi connectivity index (χ0n) is 12.9. The van der Waals surface area contributed by atoms with Crippen molar-refractivity contribution in [3.05, 3.63) is 47.8 Å². The van der Waals surface area contributed by atoms with Crippen LogP contribution in [0, 0.1) is 0 Å². The van der Waals surface area contributed by atoms with Crippen LogP contribution in [0.15, 0.2) is 36.5 Å². The van der Waals surface area contributed by atoms with Crippen LogP contribution >= 0.6 is 0 Å². The quantitative estimate of drug-likeness (QED) is 0.940. The number of aromatic nitrogens is 2. The molecule has 22 heavy (non-hydrogen) atoms. The minimum Gasteiger partial charge on any atom is -0.497 e. The number of nitrogens with zero attached hydrogens (tertiary/aromatic N) is 3. The van der Waals surface area contributed by atoms with Gasteiger partial charge < -0.3 is 10.5 Å². The SMILES string of the molecule is COc1cccc(CN2CCCC[C@H]2c2ccnc(N)n2)c1. The van der Waals surface area contributed by atoms with E-state index in [0.717, 1.165) is 31.0 Å². The monoisotopic (exact) mass is 298 g/mol. The van der Waals surface area contributed by atoms with E-state index < -0.39 is 0 Å². The van der Waals surface area contributed by atoms with Crippen LogP contribution in [0.2, 0.25) is 0 Å². The summed E-state index contributed by atoms with van der Waals surface area (Å²) in [6.07, 6.45) is 5.31. The van der Waals surface area contributed by atoms with E-state index in [-0.39, 0.29) is 0 Å². The second kappa shape index (κ2) is 6.75. The topological polar surface area (TPSA) is 64.3 Å². The molecule has 1 aromatic carbocycles. The van der Waals surface area contributed by atoms with Crippen LogP contribution in [-0.2, 0) is 6.54 Å². The maximum Gasteiger partial charge on any atom is 0.220 e. The number of anilines is 1. The summed E-state index contributed by atoms with van der Waals surface area (Å²) in [5, 5.41) is 0. The van der Waals surface area contributed by atoms with E-state index in [2.05, 4.69) is 27.0 Å². The molecule has 2 aromatic rings.